The number of carbonyl (C=O) groups is 1. The van der Waals surface area contributed by atoms with E-state index in [1.807, 2.05) is 10.8 Å². The molecule has 0 bridgehead atoms. The maximum Gasteiger partial charge on any atom is 0.269 e. The topological polar surface area (TPSA) is 127 Å². The number of aromatic nitrogens is 2. The Labute approximate surface area is 236 Å². The predicted octanol–water partition coefficient (Wildman–Crippen LogP) is 5.52. The highest BCUT2D eigenvalue weighted by Crippen LogP contribution is 2.36. The quantitative estimate of drug-likeness (QED) is 0.260. The summed E-state index contributed by atoms with van der Waals surface area (Å²) in [7, 11) is -7.90. The number of allylic oxidation sites excluding steroid dienone is 2. The molecule has 0 radical (unpaired) electrons. The van der Waals surface area contributed by atoms with Gasteiger partial charge in [-0.3, -0.25) is 9.52 Å². The number of halogens is 2. The number of amides is 1. The Morgan fingerprint density at radius 1 is 1.07 bits per heavy atom. The zero-order chi connectivity index (χ0) is 29.4. The minimum Gasteiger partial charge on any atom is -0.320 e. The van der Waals surface area contributed by atoms with Crippen molar-refractivity contribution >= 4 is 53.9 Å². The van der Waals surface area contributed by atoms with Crippen LogP contribution < -0.4 is 10.0 Å². The SMILES string of the molecule is CCCS(=O)(=O)Nc1ccc(F)c(C(=O)Nc2cnc3c(c2)c(C2=CCCC2)cn3S(=O)(=O)c2ccccc2)c1F. The van der Waals surface area contributed by atoms with E-state index in [-0.39, 0.29) is 28.4 Å². The lowest BCUT2D eigenvalue weighted by Gasteiger charge is -2.12. The first-order chi connectivity index (χ1) is 19.5. The van der Waals surface area contributed by atoms with Crippen molar-refractivity contribution in [3.63, 3.8) is 0 Å². The van der Waals surface area contributed by atoms with Gasteiger partial charge in [0.2, 0.25) is 10.0 Å². The van der Waals surface area contributed by atoms with Gasteiger partial charge in [-0.1, -0.05) is 31.2 Å². The molecule has 2 aromatic carbocycles. The third kappa shape index (κ3) is 5.59. The number of hydrogen-bond donors (Lipinski definition) is 2. The fraction of sp³-hybridized carbons (Fsp3) is 0.214. The summed E-state index contributed by atoms with van der Waals surface area (Å²) >= 11 is 0. The summed E-state index contributed by atoms with van der Waals surface area (Å²) < 4.78 is 84.1. The predicted molar refractivity (Wildman–Crippen MR) is 153 cm³/mol. The third-order valence-corrected chi connectivity index (χ3v) is 9.75. The number of benzene rings is 2. The number of sulfonamides is 1. The number of carbonyl (C=O) groups excluding carboxylic acids is 1. The first-order valence-corrected chi connectivity index (χ1v) is 15.9. The summed E-state index contributed by atoms with van der Waals surface area (Å²) in [5.41, 5.74) is 0.186. The molecular weight excluding hydrogens is 574 g/mol. The summed E-state index contributed by atoms with van der Waals surface area (Å²) in [6, 6.07) is 11.1. The van der Waals surface area contributed by atoms with Crippen LogP contribution in [0.4, 0.5) is 20.2 Å². The normalized spacial score (nSPS) is 13.8. The summed E-state index contributed by atoms with van der Waals surface area (Å²) in [5.74, 6) is -4.01. The molecule has 0 unspecified atom stereocenters. The molecule has 1 aliphatic rings. The summed E-state index contributed by atoms with van der Waals surface area (Å²) in [5, 5.41) is 2.84. The van der Waals surface area contributed by atoms with Gasteiger partial charge in [-0.25, -0.2) is 34.6 Å². The Morgan fingerprint density at radius 3 is 2.51 bits per heavy atom. The Bertz CT molecular complexity index is 1900. The van der Waals surface area contributed by atoms with Gasteiger partial charge in [0, 0.05) is 17.1 Å². The van der Waals surface area contributed by atoms with Crippen LogP contribution >= 0.6 is 0 Å². The van der Waals surface area contributed by atoms with E-state index in [2.05, 4.69) is 10.3 Å². The molecular formula is C28H26F2N4O5S2. The molecule has 2 aromatic heterocycles. The van der Waals surface area contributed by atoms with Gasteiger partial charge < -0.3 is 5.32 Å². The first-order valence-electron chi connectivity index (χ1n) is 12.8. The van der Waals surface area contributed by atoms with Crippen molar-refractivity contribution in [3.8, 4) is 0 Å². The molecule has 41 heavy (non-hydrogen) atoms. The van der Waals surface area contributed by atoms with Crippen LogP contribution in [0.2, 0.25) is 0 Å². The van der Waals surface area contributed by atoms with Crippen LogP contribution in [0.1, 0.15) is 48.5 Å². The molecule has 214 valence electrons. The lowest BCUT2D eigenvalue weighted by atomic mass is 10.1. The van der Waals surface area contributed by atoms with Crippen LogP contribution in [0.25, 0.3) is 16.6 Å². The van der Waals surface area contributed by atoms with Crippen molar-refractivity contribution in [1.82, 2.24) is 8.96 Å². The fourth-order valence-corrected chi connectivity index (χ4v) is 7.21. The summed E-state index contributed by atoms with van der Waals surface area (Å²) in [4.78, 5) is 17.4. The molecule has 0 saturated heterocycles. The summed E-state index contributed by atoms with van der Waals surface area (Å²) in [6.07, 6.45) is 7.41. The van der Waals surface area contributed by atoms with Crippen molar-refractivity contribution in [3.05, 3.63) is 89.8 Å². The number of nitrogens with zero attached hydrogens (tertiary/aromatic N) is 2. The van der Waals surface area contributed by atoms with Gasteiger partial charge in [-0.05, 0) is 61.6 Å². The molecule has 13 heteroatoms. The van der Waals surface area contributed by atoms with Crippen LogP contribution in [0, 0.1) is 11.6 Å². The minimum atomic E-state index is -4.00. The number of rotatable bonds is 9. The van der Waals surface area contributed by atoms with Crippen LogP contribution in [-0.2, 0) is 20.0 Å². The number of hydrogen-bond acceptors (Lipinski definition) is 6. The highest BCUT2D eigenvalue weighted by atomic mass is 32.2. The molecule has 2 heterocycles. The molecule has 1 amide bonds. The molecule has 0 saturated carbocycles. The van der Waals surface area contributed by atoms with E-state index in [9.17, 15) is 26.0 Å². The molecule has 0 spiro atoms. The highest BCUT2D eigenvalue weighted by Gasteiger charge is 2.26. The van der Waals surface area contributed by atoms with Crippen molar-refractivity contribution in [2.75, 3.05) is 15.8 Å². The zero-order valence-electron chi connectivity index (χ0n) is 21.9. The van der Waals surface area contributed by atoms with Gasteiger partial charge in [0.25, 0.3) is 15.9 Å². The highest BCUT2D eigenvalue weighted by molar-refractivity contribution is 7.92. The number of nitrogens with one attached hydrogen (secondary N) is 2. The number of fused-ring (bicyclic) bond motifs is 1. The largest absolute Gasteiger partial charge is 0.320 e. The van der Waals surface area contributed by atoms with E-state index in [0.29, 0.717) is 10.9 Å². The van der Waals surface area contributed by atoms with Crippen molar-refractivity contribution < 1.29 is 30.4 Å². The van der Waals surface area contributed by atoms with Gasteiger partial charge >= 0.3 is 0 Å². The Morgan fingerprint density at radius 2 is 1.83 bits per heavy atom. The van der Waals surface area contributed by atoms with Crippen LogP contribution in [0.5, 0.6) is 0 Å². The Kier molecular flexibility index (Phi) is 7.66. The molecule has 4 aromatic rings. The standard InChI is InChI=1S/C28H26F2N4O5S2/c1-2-14-40(36,37)33-24-13-12-23(29)25(26(24)30)28(35)32-19-15-21-22(18-8-6-7-9-18)17-34(27(21)31-16-19)41(38,39)20-10-4-3-5-11-20/h3-5,8,10-13,15-17,33H,2,6-7,9,14H2,1H3,(H,32,35). The van der Waals surface area contributed by atoms with Crippen molar-refractivity contribution in [1.29, 1.82) is 0 Å². The Balaban J connectivity index is 1.54. The van der Waals surface area contributed by atoms with E-state index >= 15 is 4.39 Å². The lowest BCUT2D eigenvalue weighted by molar-refractivity contribution is 0.101. The molecule has 2 N–H and O–H groups in total. The van der Waals surface area contributed by atoms with E-state index in [1.165, 1.54) is 30.6 Å². The molecule has 5 rings (SSSR count). The van der Waals surface area contributed by atoms with E-state index in [0.717, 1.165) is 40.9 Å². The van der Waals surface area contributed by atoms with Gasteiger partial charge in [0.15, 0.2) is 11.5 Å². The monoisotopic (exact) mass is 600 g/mol. The molecule has 9 nitrogen and oxygen atoms in total. The Hall–Kier alpha value is -4.10. The molecule has 0 aliphatic heterocycles. The average Bonchev–Trinajstić information content (AvgIpc) is 3.59. The second-order valence-electron chi connectivity index (χ2n) is 9.53. The summed E-state index contributed by atoms with van der Waals surface area (Å²) in [6.45, 7) is 1.63. The second-order valence-corrected chi connectivity index (χ2v) is 13.2. The van der Waals surface area contributed by atoms with Crippen molar-refractivity contribution in [2.45, 2.75) is 37.5 Å². The van der Waals surface area contributed by atoms with Gasteiger partial charge in [0.05, 0.1) is 28.2 Å². The van der Waals surface area contributed by atoms with E-state index in [4.69, 9.17) is 0 Å². The molecule has 1 aliphatic carbocycles. The van der Waals surface area contributed by atoms with E-state index < -0.39 is 48.8 Å². The van der Waals surface area contributed by atoms with Crippen LogP contribution in [-0.4, -0.2) is 37.5 Å². The van der Waals surface area contributed by atoms with E-state index in [1.54, 1.807) is 25.1 Å². The van der Waals surface area contributed by atoms with Gasteiger partial charge in [-0.2, -0.15) is 0 Å². The zero-order valence-corrected chi connectivity index (χ0v) is 23.5. The smallest absolute Gasteiger partial charge is 0.269 e. The van der Waals surface area contributed by atoms with Crippen LogP contribution in [0.15, 0.2) is 71.9 Å². The molecule has 0 atom stereocenters. The minimum absolute atomic E-state index is 0.0629. The second kappa shape index (κ2) is 11.1. The maximum atomic E-state index is 15.2. The fourth-order valence-electron chi connectivity index (χ4n) is 4.73. The average molecular weight is 601 g/mol. The first kappa shape index (κ1) is 28.4. The third-order valence-electron chi connectivity index (χ3n) is 6.61. The number of anilines is 2. The van der Waals surface area contributed by atoms with Crippen LogP contribution in [0.3, 0.4) is 0 Å². The maximum absolute atomic E-state index is 15.2. The van der Waals surface area contributed by atoms with Gasteiger partial charge in [-0.15, -0.1) is 0 Å². The lowest BCUT2D eigenvalue weighted by Crippen LogP contribution is -2.20. The van der Waals surface area contributed by atoms with Crippen molar-refractivity contribution in [2.24, 2.45) is 0 Å². The molecule has 0 fully saturated rings. The van der Waals surface area contributed by atoms with Gasteiger partial charge in [0.1, 0.15) is 11.4 Å². The number of pyridine rings is 1.